The van der Waals surface area contributed by atoms with Gasteiger partial charge in [0.1, 0.15) is 5.75 Å². The van der Waals surface area contributed by atoms with Gasteiger partial charge >= 0.3 is 0 Å². The summed E-state index contributed by atoms with van der Waals surface area (Å²) in [5, 5.41) is 7.25. The van der Waals surface area contributed by atoms with Crippen LogP contribution in [-0.4, -0.2) is 41.8 Å². The van der Waals surface area contributed by atoms with E-state index >= 15 is 0 Å². The summed E-state index contributed by atoms with van der Waals surface area (Å²) in [6.07, 6.45) is 3.97. The molecule has 1 aromatic rings. The number of rotatable bonds is 6. The van der Waals surface area contributed by atoms with E-state index in [-0.39, 0.29) is 5.54 Å². The van der Waals surface area contributed by atoms with Crippen LogP contribution >= 0.6 is 12.2 Å². The van der Waals surface area contributed by atoms with Crippen molar-refractivity contribution in [3.63, 3.8) is 0 Å². The van der Waals surface area contributed by atoms with Gasteiger partial charge in [-0.15, -0.1) is 0 Å². The van der Waals surface area contributed by atoms with Crippen LogP contribution in [-0.2, 0) is 0 Å². The summed E-state index contributed by atoms with van der Waals surface area (Å²) in [7, 11) is 0. The standard InChI is InChI=1S/C18H29N3OS/c1-4-22-16-10-8-15(9-11-16)20-17(23)19-14-18(2,3)21-12-6-5-7-13-21/h8-11H,4-7,12-14H2,1-3H3,(H2,19,20,23). The number of nitrogens with one attached hydrogen (secondary N) is 2. The second-order valence-electron chi connectivity index (χ2n) is 6.63. The van der Waals surface area contributed by atoms with E-state index in [1.54, 1.807) is 0 Å². The molecule has 0 amide bonds. The summed E-state index contributed by atoms with van der Waals surface area (Å²) >= 11 is 5.42. The maximum Gasteiger partial charge on any atom is 0.170 e. The van der Waals surface area contributed by atoms with Crippen molar-refractivity contribution in [2.45, 2.75) is 45.6 Å². The Balaban J connectivity index is 1.79. The topological polar surface area (TPSA) is 36.5 Å². The SMILES string of the molecule is CCOc1ccc(NC(=S)NCC(C)(C)N2CCCCC2)cc1. The average Bonchev–Trinajstić information content (AvgIpc) is 2.56. The van der Waals surface area contributed by atoms with Gasteiger partial charge in [-0.2, -0.15) is 0 Å². The first-order chi connectivity index (χ1) is 11.0. The van der Waals surface area contributed by atoms with Crippen LogP contribution in [0.25, 0.3) is 0 Å². The van der Waals surface area contributed by atoms with Crippen LogP contribution < -0.4 is 15.4 Å². The van der Waals surface area contributed by atoms with Crippen LogP contribution in [0.4, 0.5) is 5.69 Å². The predicted octanol–water partition coefficient (Wildman–Crippen LogP) is 3.64. The van der Waals surface area contributed by atoms with E-state index in [1.807, 2.05) is 31.2 Å². The number of thiocarbonyl (C=S) groups is 1. The smallest absolute Gasteiger partial charge is 0.170 e. The molecule has 0 spiro atoms. The number of anilines is 1. The molecule has 1 aromatic carbocycles. The lowest BCUT2D eigenvalue weighted by atomic mass is 9.98. The number of piperidine rings is 1. The fourth-order valence-electron chi connectivity index (χ4n) is 2.88. The second kappa shape index (κ2) is 8.50. The number of hydrogen-bond acceptors (Lipinski definition) is 3. The number of benzene rings is 1. The minimum absolute atomic E-state index is 0.116. The number of likely N-dealkylation sites (tertiary alicyclic amines) is 1. The van der Waals surface area contributed by atoms with Gasteiger partial charge in [0, 0.05) is 17.8 Å². The second-order valence-corrected chi connectivity index (χ2v) is 7.03. The van der Waals surface area contributed by atoms with Crippen LogP contribution in [0.5, 0.6) is 5.75 Å². The molecule has 0 radical (unpaired) electrons. The first kappa shape index (κ1) is 18.0. The predicted molar refractivity (Wildman–Crippen MR) is 101 cm³/mol. The molecule has 0 atom stereocenters. The van der Waals surface area contributed by atoms with Crippen LogP contribution in [0, 0.1) is 0 Å². The molecule has 4 nitrogen and oxygen atoms in total. The summed E-state index contributed by atoms with van der Waals surface area (Å²) in [4.78, 5) is 2.56. The molecule has 1 aliphatic rings. The molecule has 128 valence electrons. The van der Waals surface area contributed by atoms with E-state index in [9.17, 15) is 0 Å². The highest BCUT2D eigenvalue weighted by Crippen LogP contribution is 2.20. The molecule has 0 bridgehead atoms. The van der Waals surface area contributed by atoms with Crippen molar-refractivity contribution in [3.8, 4) is 5.75 Å². The van der Waals surface area contributed by atoms with E-state index in [1.165, 1.54) is 32.4 Å². The Kier molecular flexibility index (Phi) is 6.66. The van der Waals surface area contributed by atoms with Crippen molar-refractivity contribution >= 4 is 23.0 Å². The number of ether oxygens (including phenoxy) is 1. The van der Waals surface area contributed by atoms with Gasteiger partial charge < -0.3 is 15.4 Å². The zero-order valence-electron chi connectivity index (χ0n) is 14.5. The van der Waals surface area contributed by atoms with Gasteiger partial charge in [-0.1, -0.05) is 6.42 Å². The molecule has 0 unspecified atom stereocenters. The number of hydrogen-bond donors (Lipinski definition) is 2. The van der Waals surface area contributed by atoms with Gasteiger partial charge in [-0.25, -0.2) is 0 Å². The van der Waals surface area contributed by atoms with Crippen molar-refractivity contribution in [2.75, 3.05) is 31.6 Å². The third-order valence-corrected chi connectivity index (χ3v) is 4.56. The lowest BCUT2D eigenvalue weighted by Crippen LogP contribution is -2.53. The molecule has 2 N–H and O–H groups in total. The van der Waals surface area contributed by atoms with Crippen molar-refractivity contribution < 1.29 is 4.74 Å². The Hall–Kier alpha value is -1.33. The molecular weight excluding hydrogens is 306 g/mol. The fourth-order valence-corrected chi connectivity index (χ4v) is 3.07. The van der Waals surface area contributed by atoms with Crippen LogP contribution in [0.3, 0.4) is 0 Å². The molecule has 1 fully saturated rings. The van der Waals surface area contributed by atoms with Crippen LogP contribution in [0.15, 0.2) is 24.3 Å². The lowest BCUT2D eigenvalue weighted by Gasteiger charge is -2.41. The molecule has 0 saturated carbocycles. The molecule has 23 heavy (non-hydrogen) atoms. The highest BCUT2D eigenvalue weighted by molar-refractivity contribution is 7.80. The quantitative estimate of drug-likeness (QED) is 0.776. The maximum atomic E-state index is 5.44. The number of nitrogens with zero attached hydrogens (tertiary/aromatic N) is 1. The van der Waals surface area contributed by atoms with Crippen molar-refractivity contribution in [1.29, 1.82) is 0 Å². The van der Waals surface area contributed by atoms with Crippen LogP contribution in [0.1, 0.15) is 40.0 Å². The largest absolute Gasteiger partial charge is 0.494 e. The fraction of sp³-hybridized carbons (Fsp3) is 0.611. The van der Waals surface area contributed by atoms with Gasteiger partial charge in [0.05, 0.1) is 6.61 Å². The third-order valence-electron chi connectivity index (χ3n) is 4.32. The Labute approximate surface area is 145 Å². The van der Waals surface area contributed by atoms with E-state index in [0.717, 1.165) is 18.0 Å². The minimum atomic E-state index is 0.116. The van der Waals surface area contributed by atoms with E-state index in [2.05, 4.69) is 29.4 Å². The summed E-state index contributed by atoms with van der Waals surface area (Å²) in [6, 6.07) is 7.86. The summed E-state index contributed by atoms with van der Waals surface area (Å²) in [5.74, 6) is 0.878. The van der Waals surface area contributed by atoms with Gasteiger partial charge in [-0.3, -0.25) is 4.90 Å². The summed E-state index contributed by atoms with van der Waals surface area (Å²) in [5.41, 5.74) is 1.09. The zero-order chi connectivity index (χ0) is 16.7. The average molecular weight is 336 g/mol. The van der Waals surface area contributed by atoms with Crippen molar-refractivity contribution in [1.82, 2.24) is 10.2 Å². The van der Waals surface area contributed by atoms with Crippen molar-refractivity contribution in [2.24, 2.45) is 0 Å². The zero-order valence-corrected chi connectivity index (χ0v) is 15.3. The van der Waals surface area contributed by atoms with Gasteiger partial charge in [0.2, 0.25) is 0 Å². The maximum absolute atomic E-state index is 5.44. The molecule has 2 rings (SSSR count). The Morgan fingerprint density at radius 2 is 1.83 bits per heavy atom. The summed E-state index contributed by atoms with van der Waals surface area (Å²) in [6.45, 7) is 10.4. The highest BCUT2D eigenvalue weighted by atomic mass is 32.1. The third kappa shape index (κ3) is 5.66. The van der Waals surface area contributed by atoms with E-state index < -0.39 is 0 Å². The monoisotopic (exact) mass is 335 g/mol. The summed E-state index contributed by atoms with van der Waals surface area (Å²) < 4.78 is 5.44. The van der Waals surface area contributed by atoms with Crippen molar-refractivity contribution in [3.05, 3.63) is 24.3 Å². The molecule has 0 aromatic heterocycles. The first-order valence-electron chi connectivity index (χ1n) is 8.54. The normalized spacial score (nSPS) is 16.0. The van der Waals surface area contributed by atoms with Gasteiger partial charge in [0.25, 0.3) is 0 Å². The Morgan fingerprint density at radius 3 is 2.43 bits per heavy atom. The molecule has 1 heterocycles. The molecular formula is C18H29N3OS. The molecule has 1 aliphatic heterocycles. The highest BCUT2D eigenvalue weighted by Gasteiger charge is 2.27. The Morgan fingerprint density at radius 1 is 1.17 bits per heavy atom. The van der Waals surface area contributed by atoms with E-state index in [4.69, 9.17) is 17.0 Å². The first-order valence-corrected chi connectivity index (χ1v) is 8.95. The Bertz CT molecular complexity index is 495. The van der Waals surface area contributed by atoms with E-state index in [0.29, 0.717) is 11.7 Å². The molecule has 0 aliphatic carbocycles. The molecule has 5 heteroatoms. The van der Waals surface area contributed by atoms with Crippen LogP contribution in [0.2, 0.25) is 0 Å². The minimum Gasteiger partial charge on any atom is -0.494 e. The lowest BCUT2D eigenvalue weighted by molar-refractivity contribution is 0.0986. The van der Waals surface area contributed by atoms with Gasteiger partial charge in [0.15, 0.2) is 5.11 Å². The van der Waals surface area contributed by atoms with Gasteiger partial charge in [-0.05, 0) is 83.2 Å². The molecule has 1 saturated heterocycles.